The minimum Gasteiger partial charge on any atom is -0.373 e. The first-order chi connectivity index (χ1) is 16.5. The van der Waals surface area contributed by atoms with Gasteiger partial charge in [-0.2, -0.15) is 5.10 Å². The van der Waals surface area contributed by atoms with Gasteiger partial charge in [0.25, 0.3) is 0 Å². The van der Waals surface area contributed by atoms with E-state index in [1.54, 1.807) is 17.1 Å². The first-order valence-electron chi connectivity index (χ1n) is 11.3. The fourth-order valence-corrected chi connectivity index (χ4v) is 3.48. The van der Waals surface area contributed by atoms with E-state index >= 15 is 0 Å². The lowest BCUT2D eigenvalue weighted by Crippen LogP contribution is -2.44. The van der Waals surface area contributed by atoms with Crippen LogP contribution in [0.4, 0.5) is 5.82 Å². The SMILES string of the molecule is C=C/C(=C\C=C1\C=NC(NC)=CC1)c1cnn(C)c1.C=Cc1cc(N2CCN(C)CC2)ncn1. The molecule has 0 atom stereocenters. The van der Waals surface area contributed by atoms with Crippen molar-refractivity contribution in [1.82, 2.24) is 30.0 Å². The van der Waals surface area contributed by atoms with E-state index in [4.69, 9.17) is 0 Å². The molecule has 2 aliphatic rings. The summed E-state index contributed by atoms with van der Waals surface area (Å²) in [7, 11) is 5.92. The van der Waals surface area contributed by atoms with Crippen LogP contribution in [0.15, 0.2) is 78.6 Å². The smallest absolute Gasteiger partial charge is 0.132 e. The molecule has 2 aliphatic heterocycles. The van der Waals surface area contributed by atoms with Crippen molar-refractivity contribution >= 4 is 23.7 Å². The molecule has 0 aliphatic carbocycles. The molecule has 34 heavy (non-hydrogen) atoms. The zero-order valence-electron chi connectivity index (χ0n) is 20.4. The van der Waals surface area contributed by atoms with Crippen LogP contribution in [0.3, 0.4) is 0 Å². The van der Waals surface area contributed by atoms with Crippen LogP contribution in [0.25, 0.3) is 11.6 Å². The molecule has 4 heterocycles. The van der Waals surface area contributed by atoms with E-state index in [2.05, 4.69) is 67.5 Å². The summed E-state index contributed by atoms with van der Waals surface area (Å²) < 4.78 is 1.78. The number of anilines is 1. The van der Waals surface area contributed by atoms with Gasteiger partial charge in [0.15, 0.2) is 0 Å². The van der Waals surface area contributed by atoms with Crippen LogP contribution in [0.1, 0.15) is 17.7 Å². The van der Waals surface area contributed by atoms with Gasteiger partial charge in [0.2, 0.25) is 0 Å². The molecule has 0 aromatic carbocycles. The van der Waals surface area contributed by atoms with Crippen LogP contribution in [0, 0.1) is 0 Å². The largest absolute Gasteiger partial charge is 0.373 e. The average Bonchev–Trinajstić information content (AvgIpc) is 3.31. The number of likely N-dealkylation sites (N-methyl/N-ethyl adjacent to an activating group) is 1. The Kier molecular flexibility index (Phi) is 9.11. The van der Waals surface area contributed by atoms with Crippen LogP contribution in [0.2, 0.25) is 0 Å². The molecule has 0 spiro atoms. The van der Waals surface area contributed by atoms with Gasteiger partial charge in [-0.15, -0.1) is 0 Å². The third-order valence-corrected chi connectivity index (χ3v) is 5.60. The van der Waals surface area contributed by atoms with Crippen LogP contribution in [-0.2, 0) is 7.05 Å². The molecule has 1 saturated heterocycles. The minimum atomic E-state index is 0.883. The molecule has 1 fully saturated rings. The van der Waals surface area contributed by atoms with Crippen molar-refractivity contribution in [2.75, 3.05) is 45.2 Å². The summed E-state index contributed by atoms with van der Waals surface area (Å²) >= 11 is 0. The maximum Gasteiger partial charge on any atom is 0.132 e. The van der Waals surface area contributed by atoms with E-state index in [1.165, 1.54) is 5.57 Å². The summed E-state index contributed by atoms with van der Waals surface area (Å²) in [6, 6.07) is 1.98. The van der Waals surface area contributed by atoms with Gasteiger partial charge in [0.05, 0.1) is 11.9 Å². The number of hydrogen-bond donors (Lipinski definition) is 1. The highest BCUT2D eigenvalue weighted by Crippen LogP contribution is 2.16. The Balaban J connectivity index is 0.000000196. The topological polar surface area (TPSA) is 74.5 Å². The lowest BCUT2D eigenvalue weighted by atomic mass is 10.1. The van der Waals surface area contributed by atoms with Crippen molar-refractivity contribution in [2.45, 2.75) is 6.42 Å². The van der Waals surface area contributed by atoms with Gasteiger partial charge in [-0.3, -0.25) is 4.68 Å². The lowest BCUT2D eigenvalue weighted by Gasteiger charge is -2.33. The highest BCUT2D eigenvalue weighted by Gasteiger charge is 2.15. The maximum atomic E-state index is 4.30. The molecular weight excluding hydrogens is 424 g/mol. The summed E-state index contributed by atoms with van der Waals surface area (Å²) in [5.74, 6) is 1.92. The molecule has 0 amide bonds. The van der Waals surface area contributed by atoms with Crippen molar-refractivity contribution in [3.05, 3.63) is 84.9 Å². The zero-order valence-corrected chi connectivity index (χ0v) is 20.4. The molecule has 4 rings (SSSR count). The highest BCUT2D eigenvalue weighted by atomic mass is 15.3. The molecule has 178 valence electrons. The predicted molar refractivity (Wildman–Crippen MR) is 142 cm³/mol. The van der Waals surface area contributed by atoms with E-state index in [0.717, 1.165) is 61.1 Å². The number of nitrogens with zero attached hydrogens (tertiary/aromatic N) is 7. The van der Waals surface area contributed by atoms with Gasteiger partial charge in [-0.1, -0.05) is 31.4 Å². The van der Waals surface area contributed by atoms with E-state index in [1.807, 2.05) is 50.9 Å². The van der Waals surface area contributed by atoms with Crippen LogP contribution < -0.4 is 10.2 Å². The quantitative estimate of drug-likeness (QED) is 0.670. The van der Waals surface area contributed by atoms with Gasteiger partial charge in [0.1, 0.15) is 18.0 Å². The summed E-state index contributed by atoms with van der Waals surface area (Å²) in [6.07, 6.45) is 17.9. The summed E-state index contributed by atoms with van der Waals surface area (Å²) in [4.78, 5) is 17.3. The fraction of sp³-hybridized carbons (Fsp3) is 0.308. The van der Waals surface area contributed by atoms with E-state index in [0.29, 0.717) is 0 Å². The van der Waals surface area contributed by atoms with Crippen LogP contribution in [-0.4, -0.2) is 71.1 Å². The number of hydrogen-bond acceptors (Lipinski definition) is 7. The number of piperazine rings is 1. The fourth-order valence-electron chi connectivity index (χ4n) is 3.48. The van der Waals surface area contributed by atoms with Crippen molar-refractivity contribution < 1.29 is 0 Å². The van der Waals surface area contributed by atoms with Crippen molar-refractivity contribution in [3.8, 4) is 0 Å². The van der Waals surface area contributed by atoms with Crippen molar-refractivity contribution in [1.29, 1.82) is 0 Å². The highest BCUT2D eigenvalue weighted by molar-refractivity contribution is 5.83. The van der Waals surface area contributed by atoms with Gasteiger partial charge in [0, 0.05) is 64.3 Å². The Morgan fingerprint density at radius 3 is 2.50 bits per heavy atom. The molecule has 0 saturated carbocycles. The standard InChI is InChI=1S/C15H18N4.C11H16N4/c1-4-13(14-10-18-19(3)11-14)7-5-12-6-8-15(16-2)17-9-12;1-3-10-8-11(13-9-12-10)15-6-4-14(2)5-7-15/h4-5,7-11,16H,1,6H2,2-3H3;3,8-9H,1,4-7H2,2H3/b12-5+,13-7+;. The molecule has 2 aromatic rings. The summed E-state index contributed by atoms with van der Waals surface area (Å²) in [5.41, 5.74) is 4.17. The van der Waals surface area contributed by atoms with Crippen molar-refractivity contribution in [2.24, 2.45) is 12.0 Å². The first-order valence-corrected chi connectivity index (χ1v) is 11.3. The normalized spacial score (nSPS) is 17.6. The Morgan fingerprint density at radius 1 is 1.12 bits per heavy atom. The lowest BCUT2D eigenvalue weighted by molar-refractivity contribution is 0.312. The molecule has 0 bridgehead atoms. The number of nitrogens with one attached hydrogen (secondary N) is 1. The van der Waals surface area contributed by atoms with Crippen LogP contribution in [0.5, 0.6) is 0 Å². The minimum absolute atomic E-state index is 0.883. The second kappa shape index (κ2) is 12.5. The van der Waals surface area contributed by atoms with E-state index in [-0.39, 0.29) is 0 Å². The first kappa shape index (κ1) is 24.9. The van der Waals surface area contributed by atoms with Crippen LogP contribution >= 0.6 is 0 Å². The molecule has 2 aromatic heterocycles. The Labute approximate surface area is 202 Å². The number of rotatable bonds is 6. The Hall–Kier alpha value is -3.78. The summed E-state index contributed by atoms with van der Waals surface area (Å²) in [5, 5.41) is 7.19. The zero-order chi connectivity index (χ0) is 24.3. The number of allylic oxidation sites excluding steroid dienone is 6. The molecule has 8 nitrogen and oxygen atoms in total. The van der Waals surface area contributed by atoms with Gasteiger partial charge in [-0.25, -0.2) is 15.0 Å². The Bertz CT molecular complexity index is 1100. The van der Waals surface area contributed by atoms with Gasteiger partial charge < -0.3 is 15.1 Å². The molecular formula is C26H34N8. The third-order valence-electron chi connectivity index (χ3n) is 5.60. The number of aryl methyl sites for hydroxylation is 1. The third kappa shape index (κ3) is 7.11. The van der Waals surface area contributed by atoms with Crippen molar-refractivity contribution in [3.63, 3.8) is 0 Å². The maximum absolute atomic E-state index is 4.30. The number of aliphatic imine (C=N–C) groups is 1. The Morgan fingerprint density at radius 2 is 1.91 bits per heavy atom. The molecule has 0 radical (unpaired) electrons. The average molecular weight is 459 g/mol. The van der Waals surface area contributed by atoms with Gasteiger partial charge >= 0.3 is 0 Å². The molecule has 1 N–H and O–H groups in total. The second-order valence-corrected chi connectivity index (χ2v) is 8.07. The molecule has 8 heteroatoms. The number of aromatic nitrogens is 4. The predicted octanol–water partition coefficient (Wildman–Crippen LogP) is 3.32. The van der Waals surface area contributed by atoms with E-state index in [9.17, 15) is 0 Å². The second-order valence-electron chi connectivity index (χ2n) is 8.07. The molecule has 0 unspecified atom stereocenters. The monoisotopic (exact) mass is 458 g/mol. The van der Waals surface area contributed by atoms with Gasteiger partial charge in [-0.05, 0) is 36.8 Å². The van der Waals surface area contributed by atoms with E-state index < -0.39 is 0 Å². The summed E-state index contributed by atoms with van der Waals surface area (Å²) in [6.45, 7) is 11.8.